The minimum absolute atomic E-state index is 0.218. The number of nitrogens with zero attached hydrogens (tertiary/aromatic N) is 4. The predicted octanol–water partition coefficient (Wildman–Crippen LogP) is 4.31. The maximum atomic E-state index is 12.7. The van der Waals surface area contributed by atoms with Crippen LogP contribution in [0.2, 0.25) is 5.02 Å². The van der Waals surface area contributed by atoms with Crippen LogP contribution in [0.4, 0.5) is 5.69 Å². The smallest absolute Gasteiger partial charge is 0.291 e. The lowest BCUT2D eigenvalue weighted by Gasteiger charge is -2.10. The van der Waals surface area contributed by atoms with E-state index in [0.717, 1.165) is 10.1 Å². The van der Waals surface area contributed by atoms with E-state index in [1.54, 1.807) is 41.3 Å². The SMILES string of the molecule is Cn1ccnc1Sc1ccc(Cl)cc1NC(=O)c1ccc(Cn2cccn2)o1. The van der Waals surface area contributed by atoms with Crippen molar-refractivity contribution in [1.29, 1.82) is 0 Å². The van der Waals surface area contributed by atoms with E-state index in [4.69, 9.17) is 16.0 Å². The number of amides is 1. The van der Waals surface area contributed by atoms with Gasteiger partial charge >= 0.3 is 0 Å². The number of benzene rings is 1. The van der Waals surface area contributed by atoms with Crippen molar-refractivity contribution in [2.45, 2.75) is 16.6 Å². The Labute approximate surface area is 170 Å². The average molecular weight is 414 g/mol. The molecule has 0 aliphatic carbocycles. The number of aryl methyl sites for hydroxylation is 1. The molecule has 1 amide bonds. The Morgan fingerprint density at radius 3 is 2.89 bits per heavy atom. The van der Waals surface area contributed by atoms with E-state index in [-0.39, 0.29) is 11.7 Å². The van der Waals surface area contributed by atoms with Crippen LogP contribution in [0.5, 0.6) is 0 Å². The second-order valence-electron chi connectivity index (χ2n) is 5.99. The number of furan rings is 1. The van der Waals surface area contributed by atoms with Crippen LogP contribution in [-0.4, -0.2) is 25.2 Å². The van der Waals surface area contributed by atoms with Crippen LogP contribution < -0.4 is 5.32 Å². The largest absolute Gasteiger partial charge is 0.454 e. The van der Waals surface area contributed by atoms with Gasteiger partial charge in [-0.25, -0.2) is 4.98 Å². The molecule has 142 valence electrons. The minimum atomic E-state index is -0.351. The highest BCUT2D eigenvalue weighted by atomic mass is 35.5. The molecule has 0 bridgehead atoms. The van der Waals surface area contributed by atoms with Gasteiger partial charge in [-0.05, 0) is 48.2 Å². The Bertz CT molecular complexity index is 1100. The zero-order valence-corrected chi connectivity index (χ0v) is 16.4. The Morgan fingerprint density at radius 2 is 2.14 bits per heavy atom. The Balaban J connectivity index is 1.52. The zero-order chi connectivity index (χ0) is 19.5. The van der Waals surface area contributed by atoms with Crippen LogP contribution in [0.15, 0.2) is 75.7 Å². The van der Waals surface area contributed by atoms with E-state index < -0.39 is 0 Å². The molecule has 7 nitrogen and oxygen atoms in total. The van der Waals surface area contributed by atoms with Gasteiger partial charge in [0.2, 0.25) is 0 Å². The van der Waals surface area contributed by atoms with Gasteiger partial charge in [0.25, 0.3) is 5.91 Å². The monoisotopic (exact) mass is 413 g/mol. The molecule has 1 N–H and O–H groups in total. The highest BCUT2D eigenvalue weighted by Gasteiger charge is 2.15. The molecule has 9 heteroatoms. The van der Waals surface area contributed by atoms with E-state index in [9.17, 15) is 4.79 Å². The molecule has 0 atom stereocenters. The topological polar surface area (TPSA) is 77.9 Å². The van der Waals surface area contributed by atoms with E-state index in [1.807, 2.05) is 36.1 Å². The summed E-state index contributed by atoms with van der Waals surface area (Å²) in [4.78, 5) is 17.8. The van der Waals surface area contributed by atoms with Crippen LogP contribution in [0.25, 0.3) is 0 Å². The van der Waals surface area contributed by atoms with Crippen molar-refractivity contribution >= 4 is 35.0 Å². The number of hydrogen-bond donors (Lipinski definition) is 1. The first-order chi connectivity index (χ1) is 13.6. The second-order valence-corrected chi connectivity index (χ2v) is 7.43. The molecule has 0 fully saturated rings. The van der Waals surface area contributed by atoms with Gasteiger partial charge < -0.3 is 14.3 Å². The maximum absolute atomic E-state index is 12.7. The third-order valence-electron chi connectivity index (χ3n) is 3.93. The van der Waals surface area contributed by atoms with Crippen LogP contribution in [0.3, 0.4) is 0 Å². The van der Waals surface area contributed by atoms with Gasteiger partial charge in [-0.15, -0.1) is 0 Å². The van der Waals surface area contributed by atoms with Crippen molar-refractivity contribution in [3.63, 3.8) is 0 Å². The summed E-state index contributed by atoms with van der Waals surface area (Å²) in [5.41, 5.74) is 0.593. The molecule has 0 aliphatic rings. The minimum Gasteiger partial charge on any atom is -0.454 e. The molecular weight excluding hydrogens is 398 g/mol. The van der Waals surface area contributed by atoms with E-state index >= 15 is 0 Å². The number of carbonyl (C=O) groups is 1. The van der Waals surface area contributed by atoms with Crippen molar-refractivity contribution in [3.8, 4) is 0 Å². The molecular formula is C19H16ClN5O2S. The van der Waals surface area contributed by atoms with Gasteiger partial charge in [0, 0.05) is 41.8 Å². The first-order valence-corrected chi connectivity index (χ1v) is 9.60. The Kier molecular flexibility index (Phi) is 5.23. The third-order valence-corrected chi connectivity index (χ3v) is 5.32. The lowest BCUT2D eigenvalue weighted by molar-refractivity contribution is 0.0994. The fourth-order valence-electron chi connectivity index (χ4n) is 2.56. The number of aromatic nitrogens is 4. The van der Waals surface area contributed by atoms with Crippen LogP contribution in [0.1, 0.15) is 16.3 Å². The number of imidazole rings is 1. The molecule has 0 unspecified atom stereocenters. The first-order valence-electron chi connectivity index (χ1n) is 8.41. The van der Waals surface area contributed by atoms with Gasteiger partial charge in [-0.1, -0.05) is 11.6 Å². The number of rotatable bonds is 6. The number of hydrogen-bond acceptors (Lipinski definition) is 5. The molecule has 3 aromatic heterocycles. The lowest BCUT2D eigenvalue weighted by atomic mass is 10.3. The number of nitrogens with one attached hydrogen (secondary N) is 1. The zero-order valence-electron chi connectivity index (χ0n) is 14.9. The number of halogens is 1. The summed E-state index contributed by atoms with van der Waals surface area (Å²) < 4.78 is 9.28. The van der Waals surface area contributed by atoms with Crippen LogP contribution in [0, 0.1) is 0 Å². The molecule has 0 aliphatic heterocycles. The quantitative estimate of drug-likeness (QED) is 0.509. The summed E-state index contributed by atoms with van der Waals surface area (Å²) in [6.07, 6.45) is 7.10. The van der Waals surface area contributed by atoms with Gasteiger partial charge in [0.1, 0.15) is 5.76 Å². The maximum Gasteiger partial charge on any atom is 0.291 e. The fourth-order valence-corrected chi connectivity index (χ4v) is 3.60. The molecule has 0 saturated carbocycles. The van der Waals surface area contributed by atoms with Gasteiger partial charge in [-0.2, -0.15) is 5.10 Å². The molecule has 4 aromatic rings. The Morgan fingerprint density at radius 1 is 1.25 bits per heavy atom. The van der Waals surface area contributed by atoms with E-state index in [2.05, 4.69) is 15.4 Å². The number of anilines is 1. The standard InChI is InChI=1S/C19H16ClN5O2S/c1-24-10-8-21-19(24)28-17-6-3-13(20)11-15(17)23-18(26)16-5-4-14(27-16)12-25-9-2-7-22-25/h2-11H,12H2,1H3,(H,23,26). The molecule has 1 aromatic carbocycles. The van der Waals surface area contributed by atoms with Crippen molar-refractivity contribution in [3.05, 3.63) is 77.7 Å². The third kappa shape index (κ3) is 4.13. The van der Waals surface area contributed by atoms with Crippen LogP contribution >= 0.6 is 23.4 Å². The first kappa shape index (κ1) is 18.4. The molecule has 0 radical (unpaired) electrons. The normalized spacial score (nSPS) is 10.9. The summed E-state index contributed by atoms with van der Waals surface area (Å²) in [5.74, 6) is 0.508. The summed E-state index contributed by atoms with van der Waals surface area (Å²) in [7, 11) is 1.91. The van der Waals surface area contributed by atoms with Gasteiger partial charge in [0.05, 0.1) is 12.2 Å². The van der Waals surface area contributed by atoms with E-state index in [1.165, 1.54) is 11.8 Å². The highest BCUT2D eigenvalue weighted by molar-refractivity contribution is 7.99. The molecule has 0 spiro atoms. The Hall–Kier alpha value is -2.97. The fraction of sp³-hybridized carbons (Fsp3) is 0.105. The number of carbonyl (C=O) groups excluding carboxylic acids is 1. The summed E-state index contributed by atoms with van der Waals surface area (Å²) in [6, 6.07) is 10.6. The van der Waals surface area contributed by atoms with Crippen molar-refractivity contribution < 1.29 is 9.21 Å². The van der Waals surface area contributed by atoms with Gasteiger partial charge in [0.15, 0.2) is 10.9 Å². The van der Waals surface area contributed by atoms with Gasteiger partial charge in [-0.3, -0.25) is 9.48 Å². The van der Waals surface area contributed by atoms with Crippen molar-refractivity contribution in [1.82, 2.24) is 19.3 Å². The van der Waals surface area contributed by atoms with E-state index in [0.29, 0.717) is 23.0 Å². The molecule has 0 saturated heterocycles. The van der Waals surface area contributed by atoms with Crippen molar-refractivity contribution in [2.75, 3.05) is 5.32 Å². The average Bonchev–Trinajstić information content (AvgIpc) is 3.41. The summed E-state index contributed by atoms with van der Waals surface area (Å²) in [5, 5.41) is 8.33. The summed E-state index contributed by atoms with van der Waals surface area (Å²) >= 11 is 7.57. The van der Waals surface area contributed by atoms with Crippen LogP contribution in [-0.2, 0) is 13.6 Å². The molecule has 28 heavy (non-hydrogen) atoms. The second kappa shape index (κ2) is 7.95. The summed E-state index contributed by atoms with van der Waals surface area (Å²) in [6.45, 7) is 0.456. The molecule has 4 rings (SSSR count). The highest BCUT2D eigenvalue weighted by Crippen LogP contribution is 2.34. The molecule has 3 heterocycles. The van der Waals surface area contributed by atoms with Crippen molar-refractivity contribution in [2.24, 2.45) is 7.05 Å². The lowest BCUT2D eigenvalue weighted by Crippen LogP contribution is -2.11. The predicted molar refractivity (Wildman–Crippen MR) is 107 cm³/mol.